The Morgan fingerprint density at radius 3 is 2.67 bits per heavy atom. The Morgan fingerprint density at radius 1 is 1.44 bits per heavy atom. The van der Waals surface area contributed by atoms with Gasteiger partial charge in [-0.1, -0.05) is 39.3 Å². The molecule has 0 amide bonds. The van der Waals surface area contributed by atoms with E-state index in [-0.39, 0.29) is 5.41 Å². The average Bonchev–Trinajstić information content (AvgIpc) is 2.59. The molecule has 18 heavy (non-hydrogen) atoms. The van der Waals surface area contributed by atoms with E-state index in [2.05, 4.69) is 57.3 Å². The van der Waals surface area contributed by atoms with Gasteiger partial charge in [0.1, 0.15) is 0 Å². The van der Waals surface area contributed by atoms with Gasteiger partial charge in [-0.3, -0.25) is 4.68 Å². The Balaban J connectivity index is 2.86. The SMILES string of the molecule is CCCNCC(C)=Cc1cn(C)nc1C(C)(C)C. The third-order valence-electron chi connectivity index (χ3n) is 2.80. The van der Waals surface area contributed by atoms with Crippen LogP contribution in [0.3, 0.4) is 0 Å². The molecule has 0 aliphatic rings. The van der Waals surface area contributed by atoms with Crippen molar-refractivity contribution >= 4 is 6.08 Å². The molecule has 0 atom stereocenters. The average molecular weight is 249 g/mol. The van der Waals surface area contributed by atoms with Crippen molar-refractivity contribution < 1.29 is 0 Å². The van der Waals surface area contributed by atoms with Crippen molar-refractivity contribution in [1.29, 1.82) is 0 Å². The monoisotopic (exact) mass is 249 g/mol. The molecular formula is C15H27N3. The molecule has 0 aromatic carbocycles. The van der Waals surface area contributed by atoms with E-state index in [0.717, 1.165) is 13.1 Å². The highest BCUT2D eigenvalue weighted by Crippen LogP contribution is 2.25. The summed E-state index contributed by atoms with van der Waals surface area (Å²) in [6.07, 6.45) is 5.52. The van der Waals surface area contributed by atoms with Crippen LogP contribution in [-0.2, 0) is 12.5 Å². The van der Waals surface area contributed by atoms with Crippen molar-refractivity contribution in [3.05, 3.63) is 23.0 Å². The predicted octanol–water partition coefficient (Wildman–Crippen LogP) is 3.12. The van der Waals surface area contributed by atoms with E-state index < -0.39 is 0 Å². The number of rotatable bonds is 5. The number of nitrogens with zero attached hydrogens (tertiary/aromatic N) is 2. The quantitative estimate of drug-likeness (QED) is 0.813. The van der Waals surface area contributed by atoms with Gasteiger partial charge in [0.2, 0.25) is 0 Å². The first-order valence-corrected chi connectivity index (χ1v) is 6.76. The smallest absolute Gasteiger partial charge is 0.0750 e. The van der Waals surface area contributed by atoms with E-state index >= 15 is 0 Å². The van der Waals surface area contributed by atoms with E-state index in [1.807, 2.05) is 11.7 Å². The molecule has 0 radical (unpaired) electrons. The van der Waals surface area contributed by atoms with Crippen LogP contribution in [0.2, 0.25) is 0 Å². The Labute approximate surface area is 111 Å². The van der Waals surface area contributed by atoms with Gasteiger partial charge < -0.3 is 5.32 Å². The van der Waals surface area contributed by atoms with Crippen LogP contribution in [0.1, 0.15) is 52.3 Å². The summed E-state index contributed by atoms with van der Waals surface area (Å²) in [6.45, 7) is 13.0. The zero-order valence-electron chi connectivity index (χ0n) is 12.7. The zero-order valence-corrected chi connectivity index (χ0v) is 12.7. The fraction of sp³-hybridized carbons (Fsp3) is 0.667. The van der Waals surface area contributed by atoms with Crippen LogP contribution in [0.25, 0.3) is 6.08 Å². The number of hydrogen-bond acceptors (Lipinski definition) is 2. The van der Waals surface area contributed by atoms with Gasteiger partial charge in [0.25, 0.3) is 0 Å². The van der Waals surface area contributed by atoms with Crippen LogP contribution in [0.4, 0.5) is 0 Å². The molecule has 3 heteroatoms. The standard InChI is InChI=1S/C15H27N3/c1-7-8-16-10-12(2)9-13-11-18(6)17-14(13)15(3,4)5/h9,11,16H,7-8,10H2,1-6H3. The van der Waals surface area contributed by atoms with Crippen LogP contribution in [0.15, 0.2) is 11.8 Å². The lowest BCUT2D eigenvalue weighted by molar-refractivity contribution is 0.552. The minimum atomic E-state index is 0.0875. The summed E-state index contributed by atoms with van der Waals surface area (Å²) >= 11 is 0. The molecular weight excluding hydrogens is 222 g/mol. The summed E-state index contributed by atoms with van der Waals surface area (Å²) in [5, 5.41) is 8.01. The molecule has 1 rings (SSSR count). The summed E-state index contributed by atoms with van der Waals surface area (Å²) in [4.78, 5) is 0. The molecule has 1 aromatic rings. The van der Waals surface area contributed by atoms with Gasteiger partial charge in [0.15, 0.2) is 0 Å². The highest BCUT2D eigenvalue weighted by Gasteiger charge is 2.20. The highest BCUT2D eigenvalue weighted by atomic mass is 15.3. The van der Waals surface area contributed by atoms with Gasteiger partial charge in [0.05, 0.1) is 5.69 Å². The largest absolute Gasteiger partial charge is 0.313 e. The van der Waals surface area contributed by atoms with Crippen molar-refractivity contribution in [3.63, 3.8) is 0 Å². The minimum absolute atomic E-state index is 0.0875. The molecule has 0 saturated carbocycles. The third kappa shape index (κ3) is 4.30. The Kier molecular flexibility index (Phi) is 5.15. The molecule has 0 bridgehead atoms. The van der Waals surface area contributed by atoms with E-state index in [0.29, 0.717) is 0 Å². The van der Waals surface area contributed by atoms with Crippen LogP contribution in [-0.4, -0.2) is 22.9 Å². The van der Waals surface area contributed by atoms with Gasteiger partial charge in [-0.05, 0) is 19.9 Å². The number of nitrogens with one attached hydrogen (secondary N) is 1. The lowest BCUT2D eigenvalue weighted by Crippen LogP contribution is -2.17. The molecule has 102 valence electrons. The Bertz CT molecular complexity index is 408. The Hall–Kier alpha value is -1.09. The maximum atomic E-state index is 4.58. The first kappa shape index (κ1) is 15.0. The number of hydrogen-bond donors (Lipinski definition) is 1. The summed E-state index contributed by atoms with van der Waals surface area (Å²) in [5.41, 5.74) is 3.84. The van der Waals surface area contributed by atoms with E-state index in [9.17, 15) is 0 Å². The summed E-state index contributed by atoms with van der Waals surface area (Å²) in [6, 6.07) is 0. The molecule has 3 nitrogen and oxygen atoms in total. The summed E-state index contributed by atoms with van der Waals surface area (Å²) in [7, 11) is 1.98. The van der Waals surface area contributed by atoms with Crippen molar-refractivity contribution in [1.82, 2.24) is 15.1 Å². The second-order valence-electron chi connectivity index (χ2n) is 6.02. The van der Waals surface area contributed by atoms with Crippen LogP contribution in [0, 0.1) is 0 Å². The van der Waals surface area contributed by atoms with Crippen molar-refractivity contribution in [3.8, 4) is 0 Å². The first-order chi connectivity index (χ1) is 8.34. The summed E-state index contributed by atoms with van der Waals surface area (Å²) < 4.78 is 1.90. The minimum Gasteiger partial charge on any atom is -0.313 e. The van der Waals surface area contributed by atoms with Crippen molar-refractivity contribution in [2.75, 3.05) is 13.1 Å². The van der Waals surface area contributed by atoms with Gasteiger partial charge in [-0.15, -0.1) is 0 Å². The van der Waals surface area contributed by atoms with Crippen molar-refractivity contribution in [2.45, 2.75) is 46.5 Å². The zero-order chi connectivity index (χ0) is 13.8. The van der Waals surface area contributed by atoms with E-state index in [4.69, 9.17) is 0 Å². The molecule has 0 aliphatic carbocycles. The van der Waals surface area contributed by atoms with Gasteiger partial charge in [-0.25, -0.2) is 0 Å². The maximum absolute atomic E-state index is 4.58. The fourth-order valence-electron chi connectivity index (χ4n) is 1.97. The number of aromatic nitrogens is 2. The molecule has 0 unspecified atom stereocenters. The maximum Gasteiger partial charge on any atom is 0.0750 e. The Morgan fingerprint density at radius 2 is 2.11 bits per heavy atom. The highest BCUT2D eigenvalue weighted by molar-refractivity contribution is 5.55. The van der Waals surface area contributed by atoms with E-state index in [1.165, 1.54) is 23.3 Å². The molecule has 1 N–H and O–H groups in total. The normalized spacial score (nSPS) is 13.1. The number of aryl methyl sites for hydroxylation is 1. The molecule has 0 saturated heterocycles. The molecule has 0 spiro atoms. The topological polar surface area (TPSA) is 29.9 Å². The molecule has 0 aliphatic heterocycles. The lowest BCUT2D eigenvalue weighted by Gasteiger charge is -2.16. The van der Waals surface area contributed by atoms with Crippen LogP contribution >= 0.6 is 0 Å². The third-order valence-corrected chi connectivity index (χ3v) is 2.80. The van der Waals surface area contributed by atoms with Crippen LogP contribution in [0.5, 0.6) is 0 Å². The van der Waals surface area contributed by atoms with Crippen LogP contribution < -0.4 is 5.32 Å². The predicted molar refractivity (Wildman–Crippen MR) is 78.7 cm³/mol. The lowest BCUT2D eigenvalue weighted by atomic mass is 9.89. The van der Waals surface area contributed by atoms with Crippen molar-refractivity contribution in [2.24, 2.45) is 7.05 Å². The molecule has 1 heterocycles. The fourth-order valence-corrected chi connectivity index (χ4v) is 1.97. The first-order valence-electron chi connectivity index (χ1n) is 6.76. The summed E-state index contributed by atoms with van der Waals surface area (Å²) in [5.74, 6) is 0. The van der Waals surface area contributed by atoms with E-state index in [1.54, 1.807) is 0 Å². The van der Waals surface area contributed by atoms with Gasteiger partial charge in [-0.2, -0.15) is 5.10 Å². The molecule has 1 aromatic heterocycles. The second kappa shape index (κ2) is 6.19. The second-order valence-corrected chi connectivity index (χ2v) is 6.02. The van der Waals surface area contributed by atoms with Gasteiger partial charge in [0, 0.05) is 30.8 Å². The molecule has 0 fully saturated rings. The van der Waals surface area contributed by atoms with Gasteiger partial charge >= 0.3 is 0 Å².